The molecule has 1 aliphatic rings. The van der Waals surface area contributed by atoms with Gasteiger partial charge in [0.2, 0.25) is 0 Å². The number of nitrogens with one attached hydrogen (secondary N) is 1. The summed E-state index contributed by atoms with van der Waals surface area (Å²) < 4.78 is 0. The Hall–Kier alpha value is -0.380. The summed E-state index contributed by atoms with van der Waals surface area (Å²) in [5, 5.41) is 5.54. The minimum absolute atomic E-state index is 0.257. The van der Waals surface area contributed by atoms with Crippen molar-refractivity contribution in [3.8, 4) is 0 Å². The van der Waals surface area contributed by atoms with Crippen molar-refractivity contribution in [2.24, 2.45) is 11.7 Å². The van der Waals surface area contributed by atoms with Crippen molar-refractivity contribution in [2.75, 3.05) is 13.1 Å². The van der Waals surface area contributed by atoms with Crippen LogP contribution in [0.1, 0.15) is 35.7 Å². The van der Waals surface area contributed by atoms with Crippen molar-refractivity contribution >= 4 is 11.3 Å². The van der Waals surface area contributed by atoms with Crippen LogP contribution in [0.4, 0.5) is 0 Å². The second kappa shape index (κ2) is 5.10. The number of thiophene rings is 1. The Morgan fingerprint density at radius 1 is 1.53 bits per heavy atom. The Balaban J connectivity index is 1.91. The molecule has 3 heteroatoms. The largest absolute Gasteiger partial charge is 0.323 e. The molecule has 2 nitrogen and oxygen atoms in total. The maximum Gasteiger partial charge on any atom is 0.0395 e. The first kappa shape index (κ1) is 11.1. The lowest BCUT2D eigenvalue weighted by molar-refractivity contribution is 0.334. The van der Waals surface area contributed by atoms with Crippen LogP contribution < -0.4 is 11.1 Å². The highest BCUT2D eigenvalue weighted by Crippen LogP contribution is 2.29. The average molecular weight is 224 g/mol. The van der Waals surface area contributed by atoms with Gasteiger partial charge >= 0.3 is 0 Å². The van der Waals surface area contributed by atoms with Gasteiger partial charge in [0.25, 0.3) is 0 Å². The third-order valence-corrected chi connectivity index (χ3v) is 4.44. The smallest absolute Gasteiger partial charge is 0.0395 e. The molecule has 84 valence electrons. The molecule has 0 radical (unpaired) electrons. The molecule has 2 heterocycles. The molecule has 1 aromatic rings. The topological polar surface area (TPSA) is 38.0 Å². The lowest BCUT2D eigenvalue weighted by Crippen LogP contribution is -2.29. The summed E-state index contributed by atoms with van der Waals surface area (Å²) in [5.74, 6) is 0.822. The number of rotatable bonds is 3. The van der Waals surface area contributed by atoms with E-state index >= 15 is 0 Å². The zero-order valence-electron chi connectivity index (χ0n) is 9.33. The van der Waals surface area contributed by atoms with Crippen LogP contribution in [0.5, 0.6) is 0 Å². The first-order valence-corrected chi connectivity index (χ1v) is 6.65. The monoisotopic (exact) mass is 224 g/mol. The second-order valence-corrected chi connectivity index (χ2v) is 5.45. The van der Waals surface area contributed by atoms with Gasteiger partial charge in [-0.15, -0.1) is 11.3 Å². The number of piperidine rings is 1. The van der Waals surface area contributed by atoms with Crippen LogP contribution in [-0.4, -0.2) is 13.1 Å². The van der Waals surface area contributed by atoms with Gasteiger partial charge in [-0.2, -0.15) is 0 Å². The van der Waals surface area contributed by atoms with Crippen molar-refractivity contribution in [1.82, 2.24) is 5.32 Å². The Morgan fingerprint density at radius 3 is 2.87 bits per heavy atom. The van der Waals surface area contributed by atoms with Gasteiger partial charge in [-0.05, 0) is 62.2 Å². The van der Waals surface area contributed by atoms with Crippen LogP contribution in [0.15, 0.2) is 11.4 Å². The molecule has 0 aromatic carbocycles. The maximum atomic E-state index is 6.26. The number of aryl methyl sites for hydroxylation is 1. The quantitative estimate of drug-likeness (QED) is 0.827. The predicted molar refractivity (Wildman–Crippen MR) is 66.2 cm³/mol. The van der Waals surface area contributed by atoms with E-state index in [2.05, 4.69) is 23.7 Å². The summed E-state index contributed by atoms with van der Waals surface area (Å²) >= 11 is 1.81. The molecule has 0 saturated carbocycles. The normalized spacial score (nSPS) is 20.4. The fourth-order valence-electron chi connectivity index (χ4n) is 2.35. The number of nitrogens with two attached hydrogens (primary N) is 1. The molecule has 1 unspecified atom stereocenters. The van der Waals surface area contributed by atoms with E-state index in [1.165, 1.54) is 36.4 Å². The van der Waals surface area contributed by atoms with Gasteiger partial charge in [-0.3, -0.25) is 0 Å². The molecule has 0 amide bonds. The van der Waals surface area contributed by atoms with Gasteiger partial charge in [-0.25, -0.2) is 0 Å². The molecule has 1 saturated heterocycles. The zero-order chi connectivity index (χ0) is 10.7. The molecule has 2 rings (SSSR count). The van der Waals surface area contributed by atoms with Gasteiger partial charge in [0.05, 0.1) is 0 Å². The minimum atomic E-state index is 0.257. The molecular formula is C12H20N2S. The Bertz CT molecular complexity index is 302. The van der Waals surface area contributed by atoms with Crippen LogP contribution in [0, 0.1) is 12.8 Å². The van der Waals surface area contributed by atoms with E-state index in [9.17, 15) is 0 Å². The van der Waals surface area contributed by atoms with Crippen molar-refractivity contribution in [1.29, 1.82) is 0 Å². The van der Waals surface area contributed by atoms with Crippen molar-refractivity contribution in [3.05, 3.63) is 21.9 Å². The van der Waals surface area contributed by atoms with Gasteiger partial charge < -0.3 is 11.1 Å². The summed E-state index contributed by atoms with van der Waals surface area (Å²) in [7, 11) is 0. The van der Waals surface area contributed by atoms with Crippen molar-refractivity contribution < 1.29 is 0 Å². The Labute approximate surface area is 95.9 Å². The van der Waals surface area contributed by atoms with Crippen molar-refractivity contribution in [2.45, 2.75) is 32.2 Å². The molecule has 0 aliphatic carbocycles. The average Bonchev–Trinajstić information content (AvgIpc) is 2.66. The zero-order valence-corrected chi connectivity index (χ0v) is 10.1. The van der Waals surface area contributed by atoms with E-state index in [1.54, 1.807) is 11.3 Å². The lowest BCUT2D eigenvalue weighted by atomic mass is 9.90. The van der Waals surface area contributed by atoms with E-state index in [-0.39, 0.29) is 6.04 Å². The minimum Gasteiger partial charge on any atom is -0.323 e. The Kier molecular flexibility index (Phi) is 3.78. The third-order valence-electron chi connectivity index (χ3n) is 3.28. The molecule has 0 spiro atoms. The predicted octanol–water partition coefficient (Wildman–Crippen LogP) is 2.45. The summed E-state index contributed by atoms with van der Waals surface area (Å²) in [6.45, 7) is 4.50. The standard InChI is InChI=1S/C12H20N2S/c1-9-4-7-15-12(9)11(13)8-10-2-5-14-6-3-10/h4,7,10-11,14H,2-3,5-6,8,13H2,1H3. The fraction of sp³-hybridized carbons (Fsp3) is 0.667. The summed E-state index contributed by atoms with van der Waals surface area (Å²) in [6.07, 6.45) is 3.74. The highest BCUT2D eigenvalue weighted by Gasteiger charge is 2.18. The van der Waals surface area contributed by atoms with Crippen LogP contribution in [0.3, 0.4) is 0 Å². The third kappa shape index (κ3) is 2.80. The molecular weight excluding hydrogens is 204 g/mol. The molecule has 1 aromatic heterocycles. The van der Waals surface area contributed by atoms with Gasteiger partial charge in [-0.1, -0.05) is 0 Å². The molecule has 0 bridgehead atoms. The highest BCUT2D eigenvalue weighted by atomic mass is 32.1. The van der Waals surface area contributed by atoms with Crippen LogP contribution >= 0.6 is 11.3 Å². The van der Waals surface area contributed by atoms with Crippen LogP contribution in [-0.2, 0) is 0 Å². The number of hydrogen-bond donors (Lipinski definition) is 2. The van der Waals surface area contributed by atoms with E-state index in [4.69, 9.17) is 5.73 Å². The fourth-order valence-corrected chi connectivity index (χ4v) is 3.29. The lowest BCUT2D eigenvalue weighted by Gasteiger charge is -2.25. The molecule has 1 fully saturated rings. The van der Waals surface area contributed by atoms with E-state index in [1.807, 2.05) is 0 Å². The molecule has 3 N–H and O–H groups in total. The molecule has 1 aliphatic heterocycles. The summed E-state index contributed by atoms with van der Waals surface area (Å²) in [5.41, 5.74) is 7.62. The van der Waals surface area contributed by atoms with Gasteiger partial charge in [0, 0.05) is 10.9 Å². The van der Waals surface area contributed by atoms with E-state index in [0.29, 0.717) is 0 Å². The molecule has 1 atom stereocenters. The van der Waals surface area contributed by atoms with Crippen molar-refractivity contribution in [3.63, 3.8) is 0 Å². The Morgan fingerprint density at radius 2 is 2.27 bits per heavy atom. The maximum absolute atomic E-state index is 6.26. The second-order valence-electron chi connectivity index (χ2n) is 4.50. The number of hydrogen-bond acceptors (Lipinski definition) is 3. The molecule has 15 heavy (non-hydrogen) atoms. The SMILES string of the molecule is Cc1ccsc1C(N)CC1CCNCC1. The van der Waals surface area contributed by atoms with Crippen LogP contribution in [0.2, 0.25) is 0 Å². The highest BCUT2D eigenvalue weighted by molar-refractivity contribution is 7.10. The first-order valence-electron chi connectivity index (χ1n) is 5.77. The van der Waals surface area contributed by atoms with Gasteiger partial charge in [0.15, 0.2) is 0 Å². The van der Waals surface area contributed by atoms with E-state index in [0.717, 1.165) is 12.3 Å². The first-order chi connectivity index (χ1) is 7.27. The van der Waals surface area contributed by atoms with E-state index < -0.39 is 0 Å². The summed E-state index contributed by atoms with van der Waals surface area (Å²) in [6, 6.07) is 2.43. The van der Waals surface area contributed by atoms with Gasteiger partial charge in [0.1, 0.15) is 0 Å². The van der Waals surface area contributed by atoms with Crippen LogP contribution in [0.25, 0.3) is 0 Å². The summed E-state index contributed by atoms with van der Waals surface area (Å²) in [4.78, 5) is 1.38.